The van der Waals surface area contributed by atoms with Gasteiger partial charge in [-0.1, -0.05) is 44.9 Å². The molecule has 101 valence electrons. The molecule has 0 N–H and O–H groups in total. The van der Waals surface area contributed by atoms with Gasteiger partial charge in [-0.3, -0.25) is 0 Å². The minimum absolute atomic E-state index is 1.09. The van der Waals surface area contributed by atoms with Crippen LogP contribution in [0.1, 0.15) is 77.0 Å². The monoisotopic (exact) mass is 245 g/mol. The van der Waals surface area contributed by atoms with Gasteiger partial charge in [0.15, 0.2) is 0 Å². The molecule has 0 aromatic heterocycles. The SMILES string of the molecule is C1CCCC(C2[C]3CC4CC(C3)CC2C4)CCC1. The van der Waals surface area contributed by atoms with E-state index in [2.05, 4.69) is 5.92 Å². The van der Waals surface area contributed by atoms with Gasteiger partial charge >= 0.3 is 0 Å². The van der Waals surface area contributed by atoms with E-state index in [-0.39, 0.29) is 0 Å². The first-order valence-corrected chi connectivity index (χ1v) is 8.74. The molecule has 0 saturated heterocycles. The van der Waals surface area contributed by atoms with Gasteiger partial charge in [-0.15, -0.1) is 0 Å². The molecule has 5 aliphatic carbocycles. The van der Waals surface area contributed by atoms with Crippen LogP contribution in [0.2, 0.25) is 0 Å². The second-order valence-corrected chi connectivity index (χ2v) is 7.90. The van der Waals surface area contributed by atoms with Crippen LogP contribution < -0.4 is 0 Å². The third-order valence-corrected chi connectivity index (χ3v) is 6.68. The number of rotatable bonds is 1. The van der Waals surface area contributed by atoms with E-state index in [9.17, 15) is 0 Å². The van der Waals surface area contributed by atoms with Gasteiger partial charge in [-0.2, -0.15) is 0 Å². The van der Waals surface area contributed by atoms with Crippen molar-refractivity contribution < 1.29 is 0 Å². The smallest absolute Gasteiger partial charge is 0.0199 e. The van der Waals surface area contributed by atoms with Gasteiger partial charge in [0, 0.05) is 0 Å². The minimum Gasteiger partial charge on any atom is -0.0533 e. The standard InChI is InChI=1S/C18H29/c1-2-4-6-15(7-5-3-1)18-16-9-13-8-14(11-16)12-17(18)10-13/h13-16,18H,1-12H2. The maximum atomic E-state index is 2.06. The van der Waals surface area contributed by atoms with Crippen LogP contribution in [0, 0.1) is 35.5 Å². The summed E-state index contributed by atoms with van der Waals surface area (Å²) in [6.45, 7) is 0. The fraction of sp³-hybridized carbons (Fsp3) is 0.944. The van der Waals surface area contributed by atoms with Crippen molar-refractivity contribution in [2.45, 2.75) is 77.0 Å². The highest BCUT2D eigenvalue weighted by Crippen LogP contribution is 2.60. The molecule has 0 aliphatic heterocycles. The fourth-order valence-corrected chi connectivity index (χ4v) is 6.24. The molecule has 0 spiro atoms. The molecule has 0 heterocycles. The quantitative estimate of drug-likeness (QED) is 0.582. The van der Waals surface area contributed by atoms with E-state index in [1.807, 2.05) is 0 Å². The lowest BCUT2D eigenvalue weighted by atomic mass is 9.49. The molecule has 5 rings (SSSR count). The summed E-state index contributed by atoms with van der Waals surface area (Å²) in [5.74, 6) is 7.64. The minimum atomic E-state index is 1.09. The molecular weight excluding hydrogens is 216 g/mol. The van der Waals surface area contributed by atoms with E-state index >= 15 is 0 Å². The first-order valence-electron chi connectivity index (χ1n) is 8.74. The molecule has 3 atom stereocenters. The largest absolute Gasteiger partial charge is 0.0533 e. The summed E-state index contributed by atoms with van der Waals surface area (Å²) in [6.07, 6.45) is 18.7. The normalized spacial score (nSPS) is 46.0. The van der Waals surface area contributed by atoms with Crippen LogP contribution in [0.4, 0.5) is 0 Å². The third-order valence-electron chi connectivity index (χ3n) is 6.68. The molecule has 5 saturated carbocycles. The van der Waals surface area contributed by atoms with Gasteiger partial charge in [-0.05, 0) is 67.6 Å². The van der Waals surface area contributed by atoms with Crippen LogP contribution in [0.3, 0.4) is 0 Å². The number of hydrogen-bond donors (Lipinski definition) is 0. The van der Waals surface area contributed by atoms with E-state index in [4.69, 9.17) is 0 Å². The Morgan fingerprint density at radius 2 is 1.22 bits per heavy atom. The van der Waals surface area contributed by atoms with Gasteiger partial charge in [0.2, 0.25) is 0 Å². The van der Waals surface area contributed by atoms with Gasteiger partial charge in [0.1, 0.15) is 0 Å². The second kappa shape index (κ2) is 4.84. The molecule has 18 heavy (non-hydrogen) atoms. The van der Waals surface area contributed by atoms with Crippen molar-refractivity contribution in [3.8, 4) is 0 Å². The molecule has 1 radical (unpaired) electrons. The van der Waals surface area contributed by atoms with Crippen LogP contribution in [0.5, 0.6) is 0 Å². The van der Waals surface area contributed by atoms with Crippen LogP contribution in [-0.2, 0) is 0 Å². The molecule has 0 aromatic carbocycles. The Bertz CT molecular complexity index is 256. The van der Waals surface area contributed by atoms with E-state index < -0.39 is 0 Å². The highest BCUT2D eigenvalue weighted by Gasteiger charge is 2.50. The first-order chi connectivity index (χ1) is 8.90. The van der Waals surface area contributed by atoms with Crippen molar-refractivity contribution in [1.29, 1.82) is 0 Å². The van der Waals surface area contributed by atoms with Crippen molar-refractivity contribution in [3.05, 3.63) is 5.92 Å². The molecule has 4 bridgehead atoms. The van der Waals surface area contributed by atoms with Gasteiger partial charge in [0.05, 0.1) is 0 Å². The Morgan fingerprint density at radius 3 is 1.83 bits per heavy atom. The molecule has 0 amide bonds. The Kier molecular flexibility index (Phi) is 3.17. The van der Waals surface area contributed by atoms with Crippen molar-refractivity contribution in [2.24, 2.45) is 29.6 Å². The first kappa shape index (κ1) is 11.8. The Hall–Kier alpha value is 0. The van der Waals surface area contributed by atoms with Gasteiger partial charge < -0.3 is 0 Å². The zero-order chi connectivity index (χ0) is 11.9. The molecule has 5 fully saturated rings. The highest BCUT2D eigenvalue weighted by atomic mass is 14.5. The summed E-state index contributed by atoms with van der Waals surface area (Å²) in [7, 11) is 0. The summed E-state index contributed by atoms with van der Waals surface area (Å²) in [4.78, 5) is 0. The van der Waals surface area contributed by atoms with E-state index in [0.717, 1.165) is 29.6 Å². The Labute approximate surface area is 113 Å². The highest BCUT2D eigenvalue weighted by molar-refractivity contribution is 5.14. The van der Waals surface area contributed by atoms with Crippen molar-refractivity contribution in [2.75, 3.05) is 0 Å². The van der Waals surface area contributed by atoms with Gasteiger partial charge in [-0.25, -0.2) is 0 Å². The van der Waals surface area contributed by atoms with Gasteiger partial charge in [0.25, 0.3) is 0 Å². The zero-order valence-corrected chi connectivity index (χ0v) is 11.9. The van der Waals surface area contributed by atoms with Crippen molar-refractivity contribution >= 4 is 0 Å². The lowest BCUT2D eigenvalue weighted by Gasteiger charge is -2.56. The Balaban J connectivity index is 1.49. The lowest BCUT2D eigenvalue weighted by molar-refractivity contribution is 0.00956. The van der Waals surface area contributed by atoms with Crippen molar-refractivity contribution in [1.82, 2.24) is 0 Å². The summed E-state index contributed by atoms with van der Waals surface area (Å²) >= 11 is 0. The zero-order valence-electron chi connectivity index (χ0n) is 11.9. The molecular formula is C18H29. The van der Waals surface area contributed by atoms with E-state index in [0.29, 0.717) is 0 Å². The van der Waals surface area contributed by atoms with E-state index in [1.165, 1.54) is 32.1 Å². The fourth-order valence-electron chi connectivity index (χ4n) is 6.24. The lowest BCUT2D eigenvalue weighted by Crippen LogP contribution is -2.46. The average molecular weight is 245 g/mol. The summed E-state index contributed by atoms with van der Waals surface area (Å²) < 4.78 is 0. The third kappa shape index (κ3) is 2.04. The number of hydrogen-bond acceptors (Lipinski definition) is 0. The molecule has 3 unspecified atom stereocenters. The summed E-state index contributed by atoms with van der Waals surface area (Å²) in [5, 5.41) is 0. The molecule has 0 nitrogen and oxygen atoms in total. The van der Waals surface area contributed by atoms with Crippen LogP contribution in [0.15, 0.2) is 0 Å². The van der Waals surface area contributed by atoms with E-state index in [1.54, 1.807) is 44.9 Å². The molecule has 0 aromatic rings. The predicted molar refractivity (Wildman–Crippen MR) is 76.1 cm³/mol. The predicted octanol–water partition coefficient (Wildman–Crippen LogP) is 5.38. The average Bonchev–Trinajstić information content (AvgIpc) is 2.29. The Morgan fingerprint density at radius 1 is 0.611 bits per heavy atom. The van der Waals surface area contributed by atoms with Crippen molar-refractivity contribution in [3.63, 3.8) is 0 Å². The van der Waals surface area contributed by atoms with Crippen LogP contribution >= 0.6 is 0 Å². The maximum Gasteiger partial charge on any atom is -0.0199 e. The van der Waals surface area contributed by atoms with Crippen LogP contribution in [0.25, 0.3) is 0 Å². The molecule has 0 heteroatoms. The second-order valence-electron chi connectivity index (χ2n) is 7.90. The topological polar surface area (TPSA) is 0 Å². The summed E-state index contributed by atoms with van der Waals surface area (Å²) in [6, 6.07) is 0. The van der Waals surface area contributed by atoms with Crippen LogP contribution in [-0.4, -0.2) is 0 Å². The molecule has 5 aliphatic rings. The summed E-state index contributed by atoms with van der Waals surface area (Å²) in [5.41, 5.74) is 0. The maximum absolute atomic E-state index is 2.06.